The highest BCUT2D eigenvalue weighted by molar-refractivity contribution is 5.76. The van der Waals surface area contributed by atoms with Crippen molar-refractivity contribution in [2.75, 3.05) is 6.61 Å². The molecule has 2 N–H and O–H groups in total. The van der Waals surface area contributed by atoms with E-state index in [2.05, 4.69) is 0 Å². The molecule has 11 nitrogen and oxygen atoms in total. The third kappa shape index (κ3) is 13.0. The largest absolute Gasteiger partial charge is 0.514 e. The van der Waals surface area contributed by atoms with Gasteiger partial charge in [-0.15, -0.1) is 0 Å². The maximum Gasteiger partial charge on any atom is 0.514 e. The van der Waals surface area contributed by atoms with Gasteiger partial charge in [-0.25, -0.2) is 9.59 Å². The molecule has 0 saturated heterocycles. The number of benzene rings is 1. The van der Waals surface area contributed by atoms with Gasteiger partial charge in [-0.2, -0.15) is 0 Å². The van der Waals surface area contributed by atoms with Crippen molar-refractivity contribution >= 4 is 24.2 Å². The van der Waals surface area contributed by atoms with E-state index in [1.54, 1.807) is 68.4 Å². The Morgan fingerprint density at radius 2 is 1.32 bits per heavy atom. The number of hydrogen-bond donors (Lipinski definition) is 1. The standard InChI is InChI=1S/C26H39NO10/c1-15(2)21(28)33-16(3)14-32-22(29)18(27)12-17-10-11-19(34-23(30)36-25(4,5)6)20(13-17)35-24(31)37-26(7,8)9/h10-11,13,15-16,18H,12,14,27H2,1-9H3/t16-,18-/m0/s1. The third-order valence-corrected chi connectivity index (χ3v) is 4.18. The normalized spacial score (nSPS) is 13.3. The van der Waals surface area contributed by atoms with Gasteiger partial charge >= 0.3 is 24.2 Å². The highest BCUT2D eigenvalue weighted by atomic mass is 16.8. The lowest BCUT2D eigenvalue weighted by Crippen LogP contribution is -2.36. The topological polar surface area (TPSA) is 150 Å². The van der Waals surface area contributed by atoms with Crippen molar-refractivity contribution in [1.29, 1.82) is 0 Å². The van der Waals surface area contributed by atoms with E-state index >= 15 is 0 Å². The number of ether oxygens (including phenoxy) is 6. The van der Waals surface area contributed by atoms with E-state index in [0.29, 0.717) is 5.56 Å². The molecule has 0 bridgehead atoms. The summed E-state index contributed by atoms with van der Waals surface area (Å²) >= 11 is 0. The Kier molecular flexibility index (Phi) is 11.4. The van der Waals surface area contributed by atoms with Gasteiger partial charge in [-0.3, -0.25) is 9.59 Å². The summed E-state index contributed by atoms with van der Waals surface area (Å²) in [7, 11) is 0. The van der Waals surface area contributed by atoms with Gasteiger partial charge in [0.1, 0.15) is 30.0 Å². The molecule has 0 aliphatic heterocycles. The van der Waals surface area contributed by atoms with Crippen molar-refractivity contribution in [3.63, 3.8) is 0 Å². The van der Waals surface area contributed by atoms with E-state index in [1.807, 2.05) is 0 Å². The van der Waals surface area contributed by atoms with Gasteiger partial charge < -0.3 is 34.2 Å². The lowest BCUT2D eigenvalue weighted by atomic mass is 10.1. The van der Waals surface area contributed by atoms with Crippen LogP contribution in [0.25, 0.3) is 0 Å². The van der Waals surface area contributed by atoms with Gasteiger partial charge in [0.15, 0.2) is 11.5 Å². The van der Waals surface area contributed by atoms with Crippen LogP contribution in [0.3, 0.4) is 0 Å². The monoisotopic (exact) mass is 525 g/mol. The maximum absolute atomic E-state index is 12.4. The molecule has 0 aromatic heterocycles. The highest BCUT2D eigenvalue weighted by Gasteiger charge is 2.25. The Morgan fingerprint density at radius 1 is 0.811 bits per heavy atom. The predicted molar refractivity (Wildman–Crippen MR) is 133 cm³/mol. The van der Waals surface area contributed by atoms with Crippen LogP contribution < -0.4 is 15.2 Å². The number of carbonyl (C=O) groups excluding carboxylic acids is 4. The molecule has 0 spiro atoms. The van der Waals surface area contributed by atoms with E-state index in [9.17, 15) is 19.2 Å². The molecule has 208 valence electrons. The molecule has 1 aromatic carbocycles. The van der Waals surface area contributed by atoms with Gasteiger partial charge in [0.25, 0.3) is 0 Å². The summed E-state index contributed by atoms with van der Waals surface area (Å²) in [5, 5.41) is 0. The van der Waals surface area contributed by atoms with Gasteiger partial charge in [0.05, 0.1) is 5.92 Å². The summed E-state index contributed by atoms with van der Waals surface area (Å²) in [4.78, 5) is 48.4. The lowest BCUT2D eigenvalue weighted by molar-refractivity contribution is -0.161. The molecule has 11 heteroatoms. The minimum atomic E-state index is -1.07. The lowest BCUT2D eigenvalue weighted by Gasteiger charge is -2.21. The molecule has 0 heterocycles. The molecule has 1 rings (SSSR count). The number of carbonyl (C=O) groups is 4. The Bertz CT molecular complexity index is 959. The second-order valence-electron chi connectivity index (χ2n) is 10.8. The van der Waals surface area contributed by atoms with Crippen LogP contribution in [0.5, 0.6) is 11.5 Å². The minimum Gasteiger partial charge on any atom is -0.461 e. The van der Waals surface area contributed by atoms with Crippen LogP contribution >= 0.6 is 0 Å². The molecular weight excluding hydrogens is 486 g/mol. The Hall–Kier alpha value is -3.34. The zero-order chi connectivity index (χ0) is 28.6. The number of nitrogens with two attached hydrogens (primary N) is 1. The van der Waals surface area contributed by atoms with Crippen LogP contribution in [0.4, 0.5) is 9.59 Å². The Balaban J connectivity index is 2.95. The molecule has 0 aliphatic rings. The SMILES string of the molecule is CC(C)C(=O)O[C@@H](C)COC(=O)[C@@H](N)Cc1ccc(OC(=O)OC(C)(C)C)c(OC(=O)OC(C)(C)C)c1. The Labute approximate surface area is 217 Å². The summed E-state index contributed by atoms with van der Waals surface area (Å²) in [6.45, 7) is 14.8. The molecule has 37 heavy (non-hydrogen) atoms. The van der Waals surface area contributed by atoms with Gasteiger partial charge in [-0.1, -0.05) is 19.9 Å². The first-order valence-corrected chi connectivity index (χ1v) is 11.9. The molecule has 2 atom stereocenters. The second kappa shape index (κ2) is 13.3. The summed E-state index contributed by atoms with van der Waals surface area (Å²) in [6, 6.07) is 3.25. The summed E-state index contributed by atoms with van der Waals surface area (Å²) < 4.78 is 31.1. The van der Waals surface area contributed by atoms with Crippen LogP contribution in [-0.2, 0) is 35.0 Å². The van der Waals surface area contributed by atoms with Gasteiger partial charge in [-0.05, 0) is 72.6 Å². The van der Waals surface area contributed by atoms with E-state index in [0.717, 1.165) is 0 Å². The first-order valence-electron chi connectivity index (χ1n) is 11.9. The van der Waals surface area contributed by atoms with E-state index in [1.165, 1.54) is 12.1 Å². The maximum atomic E-state index is 12.4. The van der Waals surface area contributed by atoms with Crippen LogP contribution in [-0.4, -0.2) is 54.2 Å². The van der Waals surface area contributed by atoms with Crippen LogP contribution in [0.15, 0.2) is 18.2 Å². The molecule has 0 amide bonds. The molecule has 0 radical (unpaired) electrons. The second-order valence-corrected chi connectivity index (χ2v) is 10.8. The quantitative estimate of drug-likeness (QED) is 0.279. The summed E-state index contributed by atoms with van der Waals surface area (Å²) in [6.07, 6.45) is -2.64. The molecular formula is C26H39NO10. The first-order chi connectivity index (χ1) is 16.9. The fourth-order valence-corrected chi connectivity index (χ4v) is 2.58. The zero-order valence-corrected chi connectivity index (χ0v) is 23.0. The van der Waals surface area contributed by atoms with Crippen molar-refractivity contribution < 1.29 is 47.6 Å². The van der Waals surface area contributed by atoms with Gasteiger partial charge in [0, 0.05) is 0 Å². The fourth-order valence-electron chi connectivity index (χ4n) is 2.58. The predicted octanol–water partition coefficient (Wildman–Crippen LogP) is 4.32. The summed E-state index contributed by atoms with van der Waals surface area (Å²) in [5.41, 5.74) is 4.84. The van der Waals surface area contributed by atoms with Gasteiger partial charge in [0.2, 0.25) is 0 Å². The van der Waals surface area contributed by atoms with E-state index in [4.69, 9.17) is 34.2 Å². The van der Waals surface area contributed by atoms with Crippen molar-refractivity contribution in [3.05, 3.63) is 23.8 Å². The fraction of sp³-hybridized carbons (Fsp3) is 0.615. The average molecular weight is 526 g/mol. The molecule has 0 fully saturated rings. The molecule has 0 aliphatic carbocycles. The molecule has 0 unspecified atom stereocenters. The van der Waals surface area contributed by atoms with Crippen LogP contribution in [0, 0.1) is 5.92 Å². The van der Waals surface area contributed by atoms with Crippen molar-refractivity contribution in [1.82, 2.24) is 0 Å². The van der Waals surface area contributed by atoms with Crippen LogP contribution in [0.2, 0.25) is 0 Å². The van der Waals surface area contributed by atoms with Crippen molar-refractivity contribution in [2.24, 2.45) is 11.7 Å². The Morgan fingerprint density at radius 3 is 1.81 bits per heavy atom. The zero-order valence-electron chi connectivity index (χ0n) is 23.0. The minimum absolute atomic E-state index is 0.0103. The number of esters is 2. The van der Waals surface area contributed by atoms with Crippen molar-refractivity contribution in [2.45, 2.75) is 92.1 Å². The smallest absolute Gasteiger partial charge is 0.461 e. The number of rotatable bonds is 9. The number of hydrogen-bond acceptors (Lipinski definition) is 11. The first kappa shape index (κ1) is 31.7. The van der Waals surface area contributed by atoms with E-state index < -0.39 is 47.6 Å². The average Bonchev–Trinajstić information content (AvgIpc) is 2.70. The molecule has 0 saturated carbocycles. The van der Waals surface area contributed by atoms with Crippen LogP contribution in [0.1, 0.15) is 67.9 Å². The molecule has 1 aromatic rings. The van der Waals surface area contributed by atoms with E-state index in [-0.39, 0.29) is 30.4 Å². The van der Waals surface area contributed by atoms with Crippen molar-refractivity contribution in [3.8, 4) is 11.5 Å². The third-order valence-electron chi connectivity index (χ3n) is 4.18. The summed E-state index contributed by atoms with van der Waals surface area (Å²) in [5.74, 6) is -1.65. The highest BCUT2D eigenvalue weighted by Crippen LogP contribution is 2.31.